The van der Waals surface area contributed by atoms with E-state index in [2.05, 4.69) is 22.9 Å². The Hall–Kier alpha value is -2.46. The fourth-order valence-electron chi connectivity index (χ4n) is 4.33. The Morgan fingerprint density at radius 3 is 2.03 bits per heavy atom. The molecule has 4 rings (SSSR count). The number of furan rings is 1. The van der Waals surface area contributed by atoms with E-state index >= 15 is 0 Å². The van der Waals surface area contributed by atoms with Crippen molar-refractivity contribution in [3.05, 3.63) is 81.2 Å². The van der Waals surface area contributed by atoms with E-state index in [1.165, 1.54) is 32.1 Å². The van der Waals surface area contributed by atoms with Crippen LogP contribution in [0.25, 0.3) is 11.1 Å². The van der Waals surface area contributed by atoms with Gasteiger partial charge in [-0.3, -0.25) is 9.59 Å². The smallest absolute Gasteiger partial charge is 0.229 e. The predicted octanol–water partition coefficient (Wildman–Crippen LogP) is 7.78. The van der Waals surface area contributed by atoms with Crippen molar-refractivity contribution in [2.45, 2.75) is 58.3 Å². The normalized spacial score (nSPS) is 12.7. The highest BCUT2D eigenvalue weighted by molar-refractivity contribution is 9.10. The van der Waals surface area contributed by atoms with Crippen molar-refractivity contribution in [2.75, 3.05) is 0 Å². The van der Waals surface area contributed by atoms with Crippen molar-refractivity contribution in [1.29, 1.82) is 0 Å². The van der Waals surface area contributed by atoms with E-state index in [0.717, 1.165) is 40.6 Å². The van der Waals surface area contributed by atoms with Crippen LogP contribution in [0.15, 0.2) is 57.4 Å². The van der Waals surface area contributed by atoms with Crippen LogP contribution in [0.1, 0.15) is 89.7 Å². The number of unbranched alkanes of at least 4 members (excludes halogenated alkanes) is 6. The number of carbonyl (C=O) groups excluding carboxylic acids is 2. The lowest BCUT2D eigenvalue weighted by Gasteiger charge is -2.14. The SMILES string of the molecule is CCCCCCCCCc1oc2c(c1-c1ccc(Br)cc1)C(=O)c1ccccc1C2=O. The summed E-state index contributed by atoms with van der Waals surface area (Å²) in [6.07, 6.45) is 9.13. The van der Waals surface area contributed by atoms with Gasteiger partial charge in [0.25, 0.3) is 0 Å². The first-order chi connectivity index (χ1) is 15.1. The molecular formula is C27H27BrO3. The molecule has 1 aliphatic carbocycles. The molecule has 0 aliphatic heterocycles. The fourth-order valence-corrected chi connectivity index (χ4v) is 4.60. The third-order valence-electron chi connectivity index (χ3n) is 5.97. The Kier molecular flexibility index (Phi) is 6.86. The summed E-state index contributed by atoms with van der Waals surface area (Å²) < 4.78 is 7.09. The molecule has 0 bridgehead atoms. The van der Waals surface area contributed by atoms with Crippen molar-refractivity contribution < 1.29 is 14.0 Å². The molecule has 0 amide bonds. The molecule has 0 spiro atoms. The monoisotopic (exact) mass is 478 g/mol. The first-order valence-corrected chi connectivity index (χ1v) is 12.0. The van der Waals surface area contributed by atoms with Gasteiger partial charge in [-0.15, -0.1) is 0 Å². The summed E-state index contributed by atoms with van der Waals surface area (Å²) in [5, 5.41) is 0. The van der Waals surface area contributed by atoms with Crippen LogP contribution in [0.2, 0.25) is 0 Å². The summed E-state index contributed by atoms with van der Waals surface area (Å²) in [6, 6.07) is 14.9. The zero-order valence-electron chi connectivity index (χ0n) is 17.9. The summed E-state index contributed by atoms with van der Waals surface area (Å²) in [5.41, 5.74) is 3.00. The standard InChI is InChI=1S/C27H27BrO3/c1-2-3-4-5-6-7-8-13-22-23(18-14-16-19(28)17-15-18)24-25(29)20-11-9-10-12-21(20)26(30)27(24)31-22/h9-12,14-17H,2-8,13H2,1H3. The second-order valence-electron chi connectivity index (χ2n) is 8.19. The van der Waals surface area contributed by atoms with Gasteiger partial charge >= 0.3 is 0 Å². The van der Waals surface area contributed by atoms with Gasteiger partial charge in [0, 0.05) is 27.6 Å². The maximum atomic E-state index is 13.4. The summed E-state index contributed by atoms with van der Waals surface area (Å²) >= 11 is 3.48. The average Bonchev–Trinajstić information content (AvgIpc) is 3.17. The predicted molar refractivity (Wildman–Crippen MR) is 127 cm³/mol. The molecular weight excluding hydrogens is 452 g/mol. The van der Waals surface area contributed by atoms with Crippen molar-refractivity contribution in [3.63, 3.8) is 0 Å². The van der Waals surface area contributed by atoms with Gasteiger partial charge in [0.15, 0.2) is 11.5 Å². The van der Waals surface area contributed by atoms with Crippen LogP contribution in [0.4, 0.5) is 0 Å². The summed E-state index contributed by atoms with van der Waals surface area (Å²) in [5.74, 6) is 0.613. The summed E-state index contributed by atoms with van der Waals surface area (Å²) in [6.45, 7) is 2.23. The molecule has 0 radical (unpaired) electrons. The fraction of sp³-hybridized carbons (Fsp3) is 0.333. The van der Waals surface area contributed by atoms with Crippen LogP contribution in [0, 0.1) is 0 Å². The minimum atomic E-state index is -0.200. The molecule has 4 heteroatoms. The number of rotatable bonds is 9. The molecule has 1 heterocycles. The van der Waals surface area contributed by atoms with Crippen molar-refractivity contribution in [1.82, 2.24) is 0 Å². The highest BCUT2D eigenvalue weighted by Gasteiger charge is 2.37. The van der Waals surface area contributed by atoms with Gasteiger partial charge in [0.1, 0.15) is 5.76 Å². The second kappa shape index (κ2) is 9.78. The topological polar surface area (TPSA) is 47.3 Å². The number of aryl methyl sites for hydroxylation is 1. The Balaban J connectivity index is 1.66. The van der Waals surface area contributed by atoms with Crippen LogP contribution in [0.5, 0.6) is 0 Å². The van der Waals surface area contributed by atoms with Gasteiger partial charge in [0.2, 0.25) is 5.78 Å². The molecule has 0 atom stereocenters. The van der Waals surface area contributed by atoms with E-state index in [0.29, 0.717) is 16.7 Å². The summed E-state index contributed by atoms with van der Waals surface area (Å²) in [7, 11) is 0. The number of fused-ring (bicyclic) bond motifs is 2. The third kappa shape index (κ3) is 4.45. The summed E-state index contributed by atoms with van der Waals surface area (Å²) in [4.78, 5) is 26.5. The molecule has 2 aromatic carbocycles. The number of hydrogen-bond donors (Lipinski definition) is 0. The molecule has 0 N–H and O–H groups in total. The Bertz CT molecular complexity index is 1090. The zero-order chi connectivity index (χ0) is 21.8. The average molecular weight is 479 g/mol. The van der Waals surface area contributed by atoms with Crippen LogP contribution in [-0.2, 0) is 6.42 Å². The van der Waals surface area contributed by atoms with Gasteiger partial charge in [-0.2, -0.15) is 0 Å². The first-order valence-electron chi connectivity index (χ1n) is 11.2. The number of benzene rings is 2. The van der Waals surface area contributed by atoms with E-state index in [9.17, 15) is 9.59 Å². The van der Waals surface area contributed by atoms with Crippen LogP contribution in [0.3, 0.4) is 0 Å². The molecule has 0 saturated heterocycles. The number of hydrogen-bond acceptors (Lipinski definition) is 3. The third-order valence-corrected chi connectivity index (χ3v) is 6.50. The van der Waals surface area contributed by atoms with Crippen LogP contribution >= 0.6 is 15.9 Å². The van der Waals surface area contributed by atoms with Crippen molar-refractivity contribution in [2.24, 2.45) is 0 Å². The lowest BCUT2D eigenvalue weighted by molar-refractivity contribution is 0.0959. The lowest BCUT2D eigenvalue weighted by Crippen LogP contribution is -2.19. The van der Waals surface area contributed by atoms with Gasteiger partial charge < -0.3 is 4.42 Å². The van der Waals surface area contributed by atoms with Gasteiger partial charge in [-0.1, -0.05) is 97.8 Å². The molecule has 31 heavy (non-hydrogen) atoms. The molecule has 3 nitrogen and oxygen atoms in total. The molecule has 3 aromatic rings. The van der Waals surface area contributed by atoms with Gasteiger partial charge in [0.05, 0.1) is 5.56 Å². The number of carbonyl (C=O) groups is 2. The maximum absolute atomic E-state index is 13.4. The van der Waals surface area contributed by atoms with Gasteiger partial charge in [-0.25, -0.2) is 0 Å². The van der Waals surface area contributed by atoms with E-state index < -0.39 is 0 Å². The zero-order valence-corrected chi connectivity index (χ0v) is 19.5. The van der Waals surface area contributed by atoms with Crippen LogP contribution in [-0.4, -0.2) is 11.6 Å². The van der Waals surface area contributed by atoms with Gasteiger partial charge in [-0.05, 0) is 24.1 Å². The minimum Gasteiger partial charge on any atom is -0.456 e. The molecule has 0 saturated carbocycles. The molecule has 0 fully saturated rings. The Morgan fingerprint density at radius 1 is 0.742 bits per heavy atom. The van der Waals surface area contributed by atoms with E-state index in [-0.39, 0.29) is 17.3 Å². The molecule has 160 valence electrons. The van der Waals surface area contributed by atoms with Crippen LogP contribution < -0.4 is 0 Å². The Morgan fingerprint density at radius 2 is 1.35 bits per heavy atom. The number of ketones is 2. The molecule has 0 unspecified atom stereocenters. The van der Waals surface area contributed by atoms with E-state index in [4.69, 9.17) is 4.42 Å². The maximum Gasteiger partial charge on any atom is 0.229 e. The molecule has 1 aromatic heterocycles. The van der Waals surface area contributed by atoms with Crippen molar-refractivity contribution >= 4 is 27.5 Å². The highest BCUT2D eigenvalue weighted by Crippen LogP contribution is 2.40. The lowest BCUT2D eigenvalue weighted by atomic mass is 9.84. The second-order valence-corrected chi connectivity index (χ2v) is 9.10. The number of halogens is 1. The highest BCUT2D eigenvalue weighted by atomic mass is 79.9. The van der Waals surface area contributed by atoms with E-state index in [1.54, 1.807) is 24.3 Å². The quantitative estimate of drug-likeness (QED) is 0.230. The van der Waals surface area contributed by atoms with Crippen molar-refractivity contribution in [3.8, 4) is 11.1 Å². The largest absolute Gasteiger partial charge is 0.456 e. The first kappa shape index (κ1) is 21.8. The molecule has 1 aliphatic rings. The minimum absolute atomic E-state index is 0.127. The Labute approximate surface area is 192 Å². The van der Waals surface area contributed by atoms with E-state index in [1.807, 2.05) is 24.3 Å².